The number of nitrogens with one attached hydrogen (secondary N) is 1. The van der Waals surface area contributed by atoms with Crippen LogP contribution in [-0.4, -0.2) is 19.0 Å². The molecule has 4 heteroatoms. The van der Waals surface area contributed by atoms with E-state index in [2.05, 4.69) is 5.32 Å². The number of rotatable bonds is 5. The van der Waals surface area contributed by atoms with Gasteiger partial charge in [-0.2, -0.15) is 0 Å². The van der Waals surface area contributed by atoms with Crippen LogP contribution in [0.4, 0.5) is 4.39 Å². The zero-order valence-electron chi connectivity index (χ0n) is 10.6. The smallest absolute Gasteiger partial charge is 0.251 e. The largest absolute Gasteiger partial charge is 0.351 e. The summed E-state index contributed by atoms with van der Waals surface area (Å²) in [6.45, 7) is 3.07. The van der Waals surface area contributed by atoms with Crippen LogP contribution in [0.5, 0.6) is 0 Å². The summed E-state index contributed by atoms with van der Waals surface area (Å²) >= 11 is 0. The van der Waals surface area contributed by atoms with Crippen LogP contribution in [0.1, 0.15) is 35.2 Å². The van der Waals surface area contributed by atoms with Gasteiger partial charge in [-0.15, -0.1) is 0 Å². The van der Waals surface area contributed by atoms with E-state index in [1.807, 2.05) is 0 Å². The summed E-state index contributed by atoms with van der Waals surface area (Å²) in [5, 5.41) is 2.93. The lowest BCUT2D eigenvalue weighted by Crippen LogP contribution is -2.31. The highest BCUT2D eigenvalue weighted by molar-refractivity contribution is 5.95. The van der Waals surface area contributed by atoms with Crippen molar-refractivity contribution < 1.29 is 9.18 Å². The second kappa shape index (κ2) is 5.06. The van der Waals surface area contributed by atoms with Gasteiger partial charge >= 0.3 is 0 Å². The van der Waals surface area contributed by atoms with E-state index >= 15 is 0 Å². The SMILES string of the molecule is Cc1cc(F)ccc1C(=O)NCC1(CCN)CC1. The fourth-order valence-electron chi connectivity index (χ4n) is 2.24. The van der Waals surface area contributed by atoms with E-state index in [0.29, 0.717) is 24.2 Å². The zero-order chi connectivity index (χ0) is 13.2. The first-order valence-corrected chi connectivity index (χ1v) is 6.31. The number of amides is 1. The molecule has 3 N–H and O–H groups in total. The van der Waals surface area contributed by atoms with Gasteiger partial charge in [0.15, 0.2) is 0 Å². The maximum atomic E-state index is 13.0. The molecule has 1 amide bonds. The molecular weight excluding hydrogens is 231 g/mol. The summed E-state index contributed by atoms with van der Waals surface area (Å²) in [5.74, 6) is -0.443. The Morgan fingerprint density at radius 1 is 1.50 bits per heavy atom. The second-order valence-corrected chi connectivity index (χ2v) is 5.18. The van der Waals surface area contributed by atoms with E-state index in [4.69, 9.17) is 5.73 Å². The van der Waals surface area contributed by atoms with Crippen molar-refractivity contribution in [3.05, 3.63) is 35.1 Å². The predicted octanol–water partition coefficient (Wildman–Crippen LogP) is 1.99. The molecular formula is C14H19FN2O. The van der Waals surface area contributed by atoms with Gasteiger partial charge in [-0.05, 0) is 61.9 Å². The minimum Gasteiger partial charge on any atom is -0.351 e. The van der Waals surface area contributed by atoms with Crippen LogP contribution in [0, 0.1) is 18.2 Å². The van der Waals surface area contributed by atoms with Crippen LogP contribution in [0.3, 0.4) is 0 Å². The topological polar surface area (TPSA) is 55.1 Å². The Labute approximate surface area is 107 Å². The lowest BCUT2D eigenvalue weighted by atomic mass is 10.0. The monoisotopic (exact) mass is 250 g/mol. The molecule has 0 atom stereocenters. The molecule has 2 rings (SSSR count). The molecule has 0 saturated heterocycles. The van der Waals surface area contributed by atoms with E-state index in [1.165, 1.54) is 18.2 Å². The van der Waals surface area contributed by atoms with Crippen LogP contribution in [0.15, 0.2) is 18.2 Å². The number of halogens is 1. The third-order valence-electron chi connectivity index (χ3n) is 3.69. The summed E-state index contributed by atoms with van der Waals surface area (Å²) in [7, 11) is 0. The van der Waals surface area contributed by atoms with Crippen molar-refractivity contribution in [2.24, 2.45) is 11.1 Å². The second-order valence-electron chi connectivity index (χ2n) is 5.18. The molecule has 0 bridgehead atoms. The molecule has 0 radical (unpaired) electrons. The Kier molecular flexibility index (Phi) is 3.66. The lowest BCUT2D eigenvalue weighted by Gasteiger charge is -2.15. The van der Waals surface area contributed by atoms with Crippen LogP contribution in [0.2, 0.25) is 0 Å². The van der Waals surface area contributed by atoms with Crippen LogP contribution < -0.4 is 11.1 Å². The number of hydrogen-bond acceptors (Lipinski definition) is 2. The Hall–Kier alpha value is -1.42. The van der Waals surface area contributed by atoms with E-state index in [9.17, 15) is 9.18 Å². The number of carbonyl (C=O) groups excluding carboxylic acids is 1. The van der Waals surface area contributed by atoms with Crippen molar-refractivity contribution >= 4 is 5.91 Å². The van der Waals surface area contributed by atoms with Gasteiger partial charge in [-0.3, -0.25) is 4.79 Å². The summed E-state index contributed by atoms with van der Waals surface area (Å²) < 4.78 is 13.0. The highest BCUT2D eigenvalue weighted by atomic mass is 19.1. The van der Waals surface area contributed by atoms with E-state index < -0.39 is 0 Å². The van der Waals surface area contributed by atoms with Crippen molar-refractivity contribution in [3.63, 3.8) is 0 Å². The molecule has 1 aliphatic carbocycles. The first-order chi connectivity index (χ1) is 8.56. The van der Waals surface area contributed by atoms with Gasteiger partial charge in [-0.1, -0.05) is 0 Å². The van der Waals surface area contributed by atoms with Crippen molar-refractivity contribution in [2.45, 2.75) is 26.2 Å². The highest BCUT2D eigenvalue weighted by Crippen LogP contribution is 2.47. The van der Waals surface area contributed by atoms with Crippen molar-refractivity contribution in [3.8, 4) is 0 Å². The maximum absolute atomic E-state index is 13.0. The fourth-order valence-corrected chi connectivity index (χ4v) is 2.24. The quantitative estimate of drug-likeness (QED) is 0.839. The Morgan fingerprint density at radius 3 is 2.78 bits per heavy atom. The van der Waals surface area contributed by atoms with Crippen molar-refractivity contribution in [1.82, 2.24) is 5.32 Å². The Balaban J connectivity index is 1.96. The number of benzene rings is 1. The summed E-state index contributed by atoms with van der Waals surface area (Å²) in [5.41, 5.74) is 6.98. The molecule has 1 aliphatic rings. The standard InChI is InChI=1S/C14H19FN2O/c1-10-8-11(15)2-3-12(10)13(18)17-9-14(4-5-14)6-7-16/h2-3,8H,4-7,9,16H2,1H3,(H,17,18). The average molecular weight is 250 g/mol. The van der Waals surface area contributed by atoms with Gasteiger partial charge < -0.3 is 11.1 Å². The van der Waals surface area contributed by atoms with Gasteiger partial charge in [0.25, 0.3) is 5.91 Å². The summed E-state index contributed by atoms with van der Waals surface area (Å²) in [6, 6.07) is 4.22. The van der Waals surface area contributed by atoms with Gasteiger partial charge in [0, 0.05) is 12.1 Å². The van der Waals surface area contributed by atoms with Gasteiger partial charge in [0.05, 0.1) is 0 Å². The van der Waals surface area contributed by atoms with Crippen molar-refractivity contribution in [2.75, 3.05) is 13.1 Å². The summed E-state index contributed by atoms with van der Waals surface area (Å²) in [6.07, 6.45) is 3.22. The maximum Gasteiger partial charge on any atom is 0.251 e. The van der Waals surface area contributed by atoms with Crippen LogP contribution >= 0.6 is 0 Å². The van der Waals surface area contributed by atoms with E-state index in [-0.39, 0.29) is 17.1 Å². The molecule has 0 spiro atoms. The third kappa shape index (κ3) is 2.88. The first-order valence-electron chi connectivity index (χ1n) is 6.31. The third-order valence-corrected chi connectivity index (χ3v) is 3.69. The highest BCUT2D eigenvalue weighted by Gasteiger charge is 2.41. The van der Waals surface area contributed by atoms with Crippen molar-refractivity contribution in [1.29, 1.82) is 0 Å². The number of carbonyl (C=O) groups is 1. The van der Waals surface area contributed by atoms with E-state index in [0.717, 1.165) is 19.3 Å². The molecule has 0 aliphatic heterocycles. The lowest BCUT2D eigenvalue weighted by molar-refractivity contribution is 0.0943. The minimum absolute atomic E-state index is 0.129. The zero-order valence-corrected chi connectivity index (χ0v) is 10.6. The number of aryl methyl sites for hydroxylation is 1. The normalized spacial score (nSPS) is 16.4. The van der Waals surface area contributed by atoms with Gasteiger partial charge in [-0.25, -0.2) is 4.39 Å². The van der Waals surface area contributed by atoms with Gasteiger partial charge in [0.2, 0.25) is 0 Å². The fraction of sp³-hybridized carbons (Fsp3) is 0.500. The predicted molar refractivity (Wildman–Crippen MR) is 68.8 cm³/mol. The molecule has 1 aromatic rings. The van der Waals surface area contributed by atoms with Crippen LogP contribution in [-0.2, 0) is 0 Å². The Morgan fingerprint density at radius 2 is 2.22 bits per heavy atom. The molecule has 1 saturated carbocycles. The molecule has 1 fully saturated rings. The number of hydrogen-bond donors (Lipinski definition) is 2. The number of nitrogens with two attached hydrogens (primary N) is 1. The van der Waals surface area contributed by atoms with Crippen LogP contribution in [0.25, 0.3) is 0 Å². The van der Waals surface area contributed by atoms with E-state index in [1.54, 1.807) is 6.92 Å². The molecule has 1 aromatic carbocycles. The molecule has 0 unspecified atom stereocenters. The molecule has 3 nitrogen and oxygen atoms in total. The molecule has 0 heterocycles. The molecule has 0 aromatic heterocycles. The van der Waals surface area contributed by atoms with Gasteiger partial charge in [0.1, 0.15) is 5.82 Å². The molecule has 98 valence electrons. The minimum atomic E-state index is -0.314. The molecule has 18 heavy (non-hydrogen) atoms. The Bertz CT molecular complexity index is 455. The summed E-state index contributed by atoms with van der Waals surface area (Å²) in [4.78, 5) is 12.0. The first kappa shape index (κ1) is 13.0. The average Bonchev–Trinajstić information content (AvgIpc) is 3.07.